The molecule has 0 saturated carbocycles. The van der Waals surface area contributed by atoms with Crippen molar-refractivity contribution in [2.75, 3.05) is 18.1 Å². The highest BCUT2D eigenvalue weighted by atomic mass is 32.2. The third kappa shape index (κ3) is 5.61. The standard InChI is InChI=1S/C27H25FN4O3S2/c28-22-12-15-24-25(18-22)36-27(30-24)32(29-19-20-8-4-3-5-9-20)26(33)21-10-13-23(14-11-21)37(34,35)31-16-6-1-2-7-17-31/h3-5,8-15,18-19H,1-2,6-7,16-17H2/b29-19+. The van der Waals surface area contributed by atoms with Gasteiger partial charge in [0.15, 0.2) is 0 Å². The summed E-state index contributed by atoms with van der Waals surface area (Å²) < 4.78 is 42.1. The Kier molecular flexibility index (Phi) is 7.40. The zero-order valence-corrected chi connectivity index (χ0v) is 21.6. The van der Waals surface area contributed by atoms with Crippen molar-refractivity contribution in [3.8, 4) is 0 Å². The second-order valence-corrected chi connectivity index (χ2v) is 11.7. The van der Waals surface area contributed by atoms with Crippen LogP contribution in [0.2, 0.25) is 0 Å². The Bertz CT molecular complexity index is 1530. The molecule has 1 aliphatic rings. The fraction of sp³-hybridized carbons (Fsp3) is 0.222. The molecule has 2 heterocycles. The zero-order valence-electron chi connectivity index (χ0n) is 20.0. The third-order valence-corrected chi connectivity index (χ3v) is 9.05. The average molecular weight is 537 g/mol. The van der Waals surface area contributed by atoms with E-state index in [4.69, 9.17) is 0 Å². The van der Waals surface area contributed by atoms with Gasteiger partial charge in [-0.15, -0.1) is 0 Å². The molecule has 1 saturated heterocycles. The Morgan fingerprint density at radius 2 is 1.68 bits per heavy atom. The van der Waals surface area contributed by atoms with E-state index in [0.29, 0.717) is 23.3 Å². The van der Waals surface area contributed by atoms with E-state index in [1.165, 1.54) is 40.7 Å². The van der Waals surface area contributed by atoms with Crippen LogP contribution in [0.15, 0.2) is 82.8 Å². The Labute approximate surface area is 218 Å². The van der Waals surface area contributed by atoms with Crippen LogP contribution in [0.25, 0.3) is 10.2 Å². The number of anilines is 1. The van der Waals surface area contributed by atoms with Gasteiger partial charge in [-0.25, -0.2) is 17.8 Å². The summed E-state index contributed by atoms with van der Waals surface area (Å²) in [5.74, 6) is -0.875. The first-order valence-electron chi connectivity index (χ1n) is 12.0. The lowest BCUT2D eigenvalue weighted by Gasteiger charge is -2.20. The number of sulfonamides is 1. The number of aromatic nitrogens is 1. The maximum Gasteiger partial charge on any atom is 0.280 e. The first-order chi connectivity index (χ1) is 17.9. The molecule has 1 aromatic heterocycles. The van der Waals surface area contributed by atoms with E-state index in [1.54, 1.807) is 12.3 Å². The number of carbonyl (C=O) groups excluding carboxylic acids is 1. The monoisotopic (exact) mass is 536 g/mol. The lowest BCUT2D eigenvalue weighted by Crippen LogP contribution is -2.32. The quantitative estimate of drug-likeness (QED) is 0.234. The van der Waals surface area contributed by atoms with Crippen LogP contribution in [0.5, 0.6) is 0 Å². The van der Waals surface area contributed by atoms with Gasteiger partial charge in [0.05, 0.1) is 21.3 Å². The van der Waals surface area contributed by atoms with E-state index in [-0.39, 0.29) is 15.6 Å². The highest BCUT2D eigenvalue weighted by Crippen LogP contribution is 2.31. The number of hydrazone groups is 1. The molecule has 0 spiro atoms. The SMILES string of the molecule is O=C(c1ccc(S(=O)(=O)N2CCCCCC2)cc1)N(/N=C/c1ccccc1)c1nc2ccc(F)cc2s1. The molecule has 0 bridgehead atoms. The maximum atomic E-state index is 13.7. The van der Waals surface area contributed by atoms with Crippen molar-refractivity contribution < 1.29 is 17.6 Å². The third-order valence-electron chi connectivity index (χ3n) is 6.14. The highest BCUT2D eigenvalue weighted by Gasteiger charge is 2.26. The molecule has 10 heteroatoms. The van der Waals surface area contributed by atoms with Crippen molar-refractivity contribution in [2.45, 2.75) is 30.6 Å². The average Bonchev–Trinajstić information content (AvgIpc) is 3.12. The topological polar surface area (TPSA) is 82.9 Å². The zero-order chi connectivity index (χ0) is 25.8. The number of carbonyl (C=O) groups is 1. The van der Waals surface area contributed by atoms with Gasteiger partial charge in [-0.05, 0) is 60.9 Å². The van der Waals surface area contributed by atoms with E-state index in [1.807, 2.05) is 30.3 Å². The summed E-state index contributed by atoms with van der Waals surface area (Å²) in [4.78, 5) is 18.2. The Hall–Kier alpha value is -3.47. The van der Waals surface area contributed by atoms with Crippen LogP contribution in [-0.2, 0) is 10.0 Å². The lowest BCUT2D eigenvalue weighted by atomic mass is 10.2. The maximum absolute atomic E-state index is 13.7. The number of amides is 1. The van der Waals surface area contributed by atoms with Crippen molar-refractivity contribution in [1.29, 1.82) is 0 Å². The molecule has 0 aliphatic carbocycles. The molecule has 190 valence electrons. The molecule has 0 radical (unpaired) electrons. The molecule has 4 aromatic rings. The number of thiazole rings is 1. The first kappa shape index (κ1) is 25.2. The molecule has 37 heavy (non-hydrogen) atoms. The van der Waals surface area contributed by atoms with E-state index in [9.17, 15) is 17.6 Å². The highest BCUT2D eigenvalue weighted by molar-refractivity contribution is 7.89. The van der Waals surface area contributed by atoms with Gasteiger partial charge in [-0.3, -0.25) is 4.79 Å². The summed E-state index contributed by atoms with van der Waals surface area (Å²) in [7, 11) is -3.63. The fourth-order valence-electron chi connectivity index (χ4n) is 4.15. The largest absolute Gasteiger partial charge is 0.280 e. The predicted molar refractivity (Wildman–Crippen MR) is 144 cm³/mol. The van der Waals surface area contributed by atoms with E-state index < -0.39 is 21.7 Å². The minimum atomic E-state index is -3.63. The Morgan fingerprint density at radius 1 is 0.973 bits per heavy atom. The number of rotatable bonds is 6. The van der Waals surface area contributed by atoms with Crippen molar-refractivity contribution in [2.24, 2.45) is 5.10 Å². The van der Waals surface area contributed by atoms with Gasteiger partial charge in [-0.2, -0.15) is 14.4 Å². The predicted octanol–water partition coefficient (Wildman–Crippen LogP) is 5.68. The molecule has 7 nitrogen and oxygen atoms in total. The van der Waals surface area contributed by atoms with E-state index in [0.717, 1.165) is 47.6 Å². The molecule has 5 rings (SSSR count). The molecule has 1 aliphatic heterocycles. The summed E-state index contributed by atoms with van der Waals surface area (Å²) in [6.07, 6.45) is 5.28. The van der Waals surface area contributed by atoms with Crippen LogP contribution in [0.1, 0.15) is 41.6 Å². The lowest BCUT2D eigenvalue weighted by molar-refractivity contribution is 0.0987. The molecule has 0 unspecified atom stereocenters. The summed E-state index contributed by atoms with van der Waals surface area (Å²) >= 11 is 1.14. The Morgan fingerprint density at radius 3 is 2.38 bits per heavy atom. The van der Waals surface area contributed by atoms with Crippen molar-refractivity contribution in [3.05, 3.63) is 89.7 Å². The van der Waals surface area contributed by atoms with Gasteiger partial charge in [0, 0.05) is 18.7 Å². The summed E-state index contributed by atoms with van der Waals surface area (Å²) in [6, 6.07) is 19.4. The molecule has 1 fully saturated rings. The normalized spacial score (nSPS) is 15.2. The first-order valence-corrected chi connectivity index (χ1v) is 14.3. The minimum Gasteiger partial charge on any atom is -0.267 e. The minimum absolute atomic E-state index is 0.153. The van der Waals surface area contributed by atoms with E-state index in [2.05, 4.69) is 10.1 Å². The number of nitrogens with zero attached hydrogens (tertiary/aromatic N) is 4. The molecule has 1 amide bonds. The second-order valence-electron chi connectivity index (χ2n) is 8.72. The van der Waals surface area contributed by atoms with Crippen molar-refractivity contribution in [1.82, 2.24) is 9.29 Å². The van der Waals surface area contributed by atoms with Gasteiger partial charge in [0.2, 0.25) is 15.2 Å². The van der Waals surface area contributed by atoms with Crippen LogP contribution in [0.4, 0.5) is 9.52 Å². The van der Waals surface area contributed by atoms with Crippen LogP contribution >= 0.6 is 11.3 Å². The van der Waals surface area contributed by atoms with Crippen molar-refractivity contribution in [3.63, 3.8) is 0 Å². The van der Waals surface area contributed by atoms with Gasteiger partial charge < -0.3 is 0 Å². The van der Waals surface area contributed by atoms with Gasteiger partial charge in [0.1, 0.15) is 5.82 Å². The molecular formula is C27H25FN4O3S2. The molecular weight excluding hydrogens is 511 g/mol. The summed E-state index contributed by atoms with van der Waals surface area (Å²) in [5.41, 5.74) is 1.59. The van der Waals surface area contributed by atoms with Gasteiger partial charge in [-0.1, -0.05) is 54.5 Å². The smallest absolute Gasteiger partial charge is 0.267 e. The number of hydrogen-bond donors (Lipinski definition) is 0. The Balaban J connectivity index is 1.46. The van der Waals surface area contributed by atoms with Gasteiger partial charge in [0.25, 0.3) is 5.91 Å². The van der Waals surface area contributed by atoms with Crippen LogP contribution in [0.3, 0.4) is 0 Å². The molecule has 3 aromatic carbocycles. The van der Waals surface area contributed by atoms with E-state index >= 15 is 0 Å². The summed E-state index contributed by atoms with van der Waals surface area (Å²) in [5, 5.41) is 5.84. The van der Waals surface area contributed by atoms with Gasteiger partial charge >= 0.3 is 0 Å². The fourth-order valence-corrected chi connectivity index (χ4v) is 6.62. The number of benzene rings is 3. The summed E-state index contributed by atoms with van der Waals surface area (Å²) in [6.45, 7) is 1.01. The second kappa shape index (κ2) is 10.9. The van der Waals surface area contributed by atoms with Crippen molar-refractivity contribution >= 4 is 48.8 Å². The van der Waals surface area contributed by atoms with Crippen LogP contribution in [-0.4, -0.2) is 42.9 Å². The number of halogens is 1. The molecule has 0 atom stereocenters. The number of hydrogen-bond acceptors (Lipinski definition) is 6. The molecule has 0 N–H and O–H groups in total. The van der Waals surface area contributed by atoms with Crippen LogP contribution < -0.4 is 5.01 Å². The number of fused-ring (bicyclic) bond motifs is 1. The van der Waals surface area contributed by atoms with Crippen LogP contribution in [0, 0.1) is 5.82 Å².